The number of ether oxygens (including phenoxy) is 1. The molecule has 2 atom stereocenters. The maximum absolute atomic E-state index is 17.6. The van der Waals surface area contributed by atoms with E-state index in [9.17, 15) is 5.11 Å². The second-order valence-corrected chi connectivity index (χ2v) is 13.8. The number of aliphatic imine (C=N–C) groups is 1. The van der Waals surface area contributed by atoms with E-state index in [1.807, 2.05) is 20.8 Å². The van der Waals surface area contributed by atoms with Crippen LogP contribution in [0.1, 0.15) is 143 Å². The summed E-state index contributed by atoms with van der Waals surface area (Å²) in [5.41, 5.74) is 9.48. The number of hydrogen-bond donors (Lipinski definition) is 1. The summed E-state index contributed by atoms with van der Waals surface area (Å²) in [4.78, 5) is 7.30. The molecule has 1 saturated heterocycles. The zero-order valence-electron chi connectivity index (χ0n) is 30.8. The van der Waals surface area contributed by atoms with Crippen molar-refractivity contribution in [1.82, 2.24) is 4.90 Å². The van der Waals surface area contributed by atoms with Crippen LogP contribution in [0.3, 0.4) is 0 Å². The molecule has 0 amide bonds. The molecular weight excluding hydrogens is 571 g/mol. The van der Waals surface area contributed by atoms with Gasteiger partial charge in [-0.1, -0.05) is 58.1 Å². The second-order valence-electron chi connectivity index (χ2n) is 13.8. The van der Waals surface area contributed by atoms with Crippen molar-refractivity contribution in [3.05, 3.63) is 75.2 Å². The molecular formula is C41H61FN2O2. The molecule has 0 radical (unpaired) electrons. The molecule has 1 aliphatic carbocycles. The van der Waals surface area contributed by atoms with Crippen molar-refractivity contribution < 1.29 is 14.2 Å². The van der Waals surface area contributed by atoms with E-state index < -0.39 is 5.82 Å². The Morgan fingerprint density at radius 2 is 1.54 bits per heavy atom. The van der Waals surface area contributed by atoms with Gasteiger partial charge in [-0.05, 0) is 126 Å². The van der Waals surface area contributed by atoms with Gasteiger partial charge in [0.25, 0.3) is 0 Å². The molecule has 2 unspecified atom stereocenters. The maximum atomic E-state index is 17.6. The average molecular weight is 633 g/mol. The van der Waals surface area contributed by atoms with Crippen molar-refractivity contribution in [2.45, 2.75) is 146 Å². The van der Waals surface area contributed by atoms with E-state index in [0.29, 0.717) is 53.3 Å². The van der Waals surface area contributed by atoms with Crippen LogP contribution in [-0.2, 0) is 17.8 Å². The summed E-state index contributed by atoms with van der Waals surface area (Å²) in [5, 5.41) is 11.1. The lowest BCUT2D eigenvalue weighted by atomic mass is 9.81. The van der Waals surface area contributed by atoms with Crippen LogP contribution in [0.4, 0.5) is 10.1 Å². The third-order valence-corrected chi connectivity index (χ3v) is 11.0. The first kappa shape index (κ1) is 37.5. The fourth-order valence-electron chi connectivity index (χ4n) is 7.18. The van der Waals surface area contributed by atoms with Crippen LogP contribution in [0, 0.1) is 11.2 Å². The quantitative estimate of drug-likeness (QED) is 0.126. The molecule has 1 aliphatic heterocycles. The number of rotatable bonds is 14. The van der Waals surface area contributed by atoms with Gasteiger partial charge in [-0.15, -0.1) is 0 Å². The molecule has 0 bridgehead atoms. The van der Waals surface area contributed by atoms with Crippen LogP contribution in [-0.4, -0.2) is 34.6 Å². The highest BCUT2D eigenvalue weighted by atomic mass is 19.1. The minimum absolute atomic E-state index is 0.187. The molecule has 5 heteroatoms. The third kappa shape index (κ3) is 7.46. The first-order valence-corrected chi connectivity index (χ1v) is 17.6. The highest BCUT2D eigenvalue weighted by molar-refractivity contribution is 5.91. The van der Waals surface area contributed by atoms with Gasteiger partial charge in [0.15, 0.2) is 11.7 Å². The molecule has 1 aromatic carbocycles. The van der Waals surface area contributed by atoms with Crippen LogP contribution in [0.25, 0.3) is 11.3 Å². The highest BCUT2D eigenvalue weighted by Crippen LogP contribution is 2.49. The largest absolute Gasteiger partial charge is 0.480 e. The van der Waals surface area contributed by atoms with E-state index in [4.69, 9.17) is 9.73 Å². The smallest absolute Gasteiger partial charge is 0.185 e. The van der Waals surface area contributed by atoms with Gasteiger partial charge in [0.2, 0.25) is 0 Å². The SMILES string of the molecule is C=C(/C(C(C)=C(C)C)=C(C)\C(C)=C/C)c1c(F)c(N=C(C)OCC2(CC)CC2)c(C(=C)N2C(CC)CCC2CC)c(CO)c1CC. The molecule has 2 fully saturated rings. The van der Waals surface area contributed by atoms with E-state index >= 15 is 4.39 Å². The molecule has 2 aliphatic rings. The molecule has 0 aromatic heterocycles. The van der Waals surface area contributed by atoms with E-state index in [0.717, 1.165) is 84.1 Å². The molecule has 1 saturated carbocycles. The van der Waals surface area contributed by atoms with Crippen molar-refractivity contribution >= 4 is 22.9 Å². The molecule has 0 spiro atoms. The highest BCUT2D eigenvalue weighted by Gasteiger charge is 2.42. The summed E-state index contributed by atoms with van der Waals surface area (Å²) >= 11 is 0. The lowest BCUT2D eigenvalue weighted by molar-refractivity contribution is 0.217. The number of allylic oxidation sites excluding steroid dienone is 7. The van der Waals surface area contributed by atoms with Crippen LogP contribution >= 0.6 is 0 Å². The van der Waals surface area contributed by atoms with Crippen LogP contribution in [0.5, 0.6) is 0 Å². The molecule has 4 nitrogen and oxygen atoms in total. The summed E-state index contributed by atoms with van der Waals surface area (Å²) in [6.07, 6.45) is 10.0. The Bertz CT molecular complexity index is 1440. The molecule has 1 heterocycles. The Labute approximate surface area is 279 Å². The fourth-order valence-corrected chi connectivity index (χ4v) is 7.18. The summed E-state index contributed by atoms with van der Waals surface area (Å²) in [5.74, 6) is -0.00451. The van der Waals surface area contributed by atoms with Crippen LogP contribution in [0.15, 0.2) is 52.1 Å². The fraction of sp³-hybridized carbons (Fsp3) is 0.585. The number of halogens is 1. The molecule has 254 valence electrons. The Morgan fingerprint density at radius 3 is 1.98 bits per heavy atom. The van der Waals surface area contributed by atoms with E-state index in [2.05, 4.69) is 79.5 Å². The van der Waals surface area contributed by atoms with Gasteiger partial charge in [0.05, 0.1) is 13.2 Å². The van der Waals surface area contributed by atoms with Gasteiger partial charge in [-0.25, -0.2) is 9.38 Å². The summed E-state index contributed by atoms with van der Waals surface area (Å²) < 4.78 is 23.8. The lowest BCUT2D eigenvalue weighted by Gasteiger charge is -2.35. The monoisotopic (exact) mass is 632 g/mol. The Hall–Kier alpha value is -2.92. The van der Waals surface area contributed by atoms with Gasteiger partial charge in [-0.2, -0.15) is 0 Å². The van der Waals surface area contributed by atoms with Gasteiger partial charge in [0, 0.05) is 41.2 Å². The van der Waals surface area contributed by atoms with Gasteiger partial charge in [0.1, 0.15) is 5.69 Å². The zero-order valence-corrected chi connectivity index (χ0v) is 30.8. The first-order valence-electron chi connectivity index (χ1n) is 17.6. The number of nitrogens with zero attached hydrogens (tertiary/aromatic N) is 2. The number of hydrogen-bond acceptors (Lipinski definition) is 4. The summed E-state index contributed by atoms with van der Waals surface area (Å²) in [6, 6.07) is 0.614. The zero-order chi connectivity index (χ0) is 34.5. The van der Waals surface area contributed by atoms with Crippen molar-refractivity contribution in [3.63, 3.8) is 0 Å². The van der Waals surface area contributed by atoms with Gasteiger partial charge >= 0.3 is 0 Å². The summed E-state index contributed by atoms with van der Waals surface area (Å²) in [7, 11) is 0. The van der Waals surface area contributed by atoms with E-state index in [1.54, 1.807) is 0 Å². The number of benzene rings is 1. The van der Waals surface area contributed by atoms with Crippen molar-refractivity contribution in [1.29, 1.82) is 0 Å². The van der Waals surface area contributed by atoms with Crippen LogP contribution < -0.4 is 0 Å². The minimum Gasteiger partial charge on any atom is -0.480 e. The molecule has 1 aromatic rings. The number of aliphatic hydroxyl groups is 1. The summed E-state index contributed by atoms with van der Waals surface area (Å²) in [6.45, 7) is 32.4. The predicted molar refractivity (Wildman–Crippen MR) is 196 cm³/mol. The molecule has 46 heavy (non-hydrogen) atoms. The molecule has 3 rings (SSSR count). The Morgan fingerprint density at radius 1 is 0.957 bits per heavy atom. The van der Waals surface area contributed by atoms with Crippen molar-refractivity contribution in [2.24, 2.45) is 10.4 Å². The Kier molecular flexibility index (Phi) is 12.9. The lowest BCUT2D eigenvalue weighted by Crippen LogP contribution is -2.34. The van der Waals surface area contributed by atoms with Gasteiger partial charge < -0.3 is 14.7 Å². The molecule has 1 N–H and O–H groups in total. The number of aliphatic hydroxyl groups excluding tert-OH is 1. The minimum atomic E-state index is -0.431. The predicted octanol–water partition coefficient (Wildman–Crippen LogP) is 11.4. The number of likely N-dealkylation sites (tertiary alicyclic amines) is 1. The average Bonchev–Trinajstić information content (AvgIpc) is 3.72. The van der Waals surface area contributed by atoms with Crippen LogP contribution in [0.2, 0.25) is 0 Å². The normalized spacial score (nSPS) is 20.1. The van der Waals surface area contributed by atoms with Crippen molar-refractivity contribution in [2.75, 3.05) is 6.61 Å². The van der Waals surface area contributed by atoms with Gasteiger partial charge in [-0.3, -0.25) is 0 Å². The Balaban J connectivity index is 2.42. The first-order chi connectivity index (χ1) is 21.8. The van der Waals surface area contributed by atoms with Crippen molar-refractivity contribution in [3.8, 4) is 0 Å². The standard InChI is InChI=1S/C41H61FN2O2/c1-14-26(8)28(10)36(27(9)25(6)7)29(11)37-34(17-4)35(23-45)38(30(12)44-32(15-2)19-20-33(44)16-3)40(39(37)42)43-31(13)46-24-41(18-5)21-22-41/h14,32-33,45H,11-12,15-24H2,1-10,13H3/b26-14-,36-28-,43-31?. The second kappa shape index (κ2) is 15.8. The topological polar surface area (TPSA) is 45.1 Å². The van der Waals surface area contributed by atoms with E-state index in [1.165, 1.54) is 0 Å². The third-order valence-electron chi connectivity index (χ3n) is 11.0. The maximum Gasteiger partial charge on any atom is 0.185 e. The van der Waals surface area contributed by atoms with E-state index in [-0.39, 0.29) is 17.7 Å².